The van der Waals surface area contributed by atoms with Crippen LogP contribution in [0.2, 0.25) is 10.2 Å². The molecule has 30 heavy (non-hydrogen) atoms. The van der Waals surface area contributed by atoms with Crippen LogP contribution in [0.5, 0.6) is 0 Å². The largest absolute Gasteiger partial charge is 0.367 e. The van der Waals surface area contributed by atoms with Crippen molar-refractivity contribution in [1.29, 1.82) is 0 Å². The highest BCUT2D eigenvalue weighted by Gasteiger charge is 2.23. The van der Waals surface area contributed by atoms with Crippen LogP contribution in [0, 0.1) is 0 Å². The van der Waals surface area contributed by atoms with Crippen LogP contribution in [0.3, 0.4) is 0 Å². The summed E-state index contributed by atoms with van der Waals surface area (Å²) in [5.74, 6) is 1.09. The van der Waals surface area contributed by atoms with E-state index in [1.54, 1.807) is 28.8 Å². The summed E-state index contributed by atoms with van der Waals surface area (Å²) in [5.41, 5.74) is 1.10. The van der Waals surface area contributed by atoms with Crippen LogP contribution in [0.15, 0.2) is 65.7 Å². The van der Waals surface area contributed by atoms with E-state index in [1.165, 1.54) is 6.33 Å². The maximum absolute atomic E-state index is 13.5. The minimum Gasteiger partial charge on any atom is -0.367 e. The molecule has 0 saturated heterocycles. The van der Waals surface area contributed by atoms with Crippen molar-refractivity contribution in [2.45, 2.75) is 25.8 Å². The van der Waals surface area contributed by atoms with Gasteiger partial charge in [0.2, 0.25) is 0 Å². The normalized spacial score (nSPS) is 13.2. The van der Waals surface area contributed by atoms with Gasteiger partial charge in [-0.3, -0.25) is 9.36 Å². The first kappa shape index (κ1) is 20.3. The lowest BCUT2D eigenvalue weighted by Crippen LogP contribution is -2.31. The number of benzene rings is 2. The molecule has 8 heteroatoms. The van der Waals surface area contributed by atoms with E-state index in [-0.39, 0.29) is 17.5 Å². The number of nitrogens with zero attached hydrogens (tertiary/aromatic N) is 4. The van der Waals surface area contributed by atoms with Crippen molar-refractivity contribution >= 4 is 39.9 Å². The first-order valence-electron chi connectivity index (χ1n) is 9.46. The van der Waals surface area contributed by atoms with Gasteiger partial charge in [-0.2, -0.15) is 0 Å². The van der Waals surface area contributed by atoms with E-state index in [4.69, 9.17) is 28.2 Å². The summed E-state index contributed by atoms with van der Waals surface area (Å²) in [4.78, 5) is 26.4. The van der Waals surface area contributed by atoms with Gasteiger partial charge < -0.3 is 5.32 Å². The Balaban J connectivity index is 1.85. The summed E-state index contributed by atoms with van der Waals surface area (Å²) in [7, 11) is 0. The van der Waals surface area contributed by atoms with Gasteiger partial charge >= 0.3 is 0 Å². The Morgan fingerprint density at radius 1 is 1.00 bits per heavy atom. The molecule has 4 aromatic rings. The van der Waals surface area contributed by atoms with Crippen LogP contribution in [0.4, 0.5) is 5.82 Å². The lowest BCUT2D eigenvalue weighted by molar-refractivity contribution is 0.591. The smallest absolute Gasteiger partial charge is 0.267 e. The average molecular weight is 440 g/mol. The average Bonchev–Trinajstić information content (AvgIpc) is 2.73. The molecule has 2 atom stereocenters. The Labute approximate surface area is 183 Å². The van der Waals surface area contributed by atoms with Gasteiger partial charge in [0.1, 0.15) is 23.1 Å². The van der Waals surface area contributed by atoms with Crippen LogP contribution in [0.25, 0.3) is 16.6 Å². The van der Waals surface area contributed by atoms with Crippen LogP contribution >= 0.6 is 23.2 Å². The Bertz CT molecular complexity index is 1260. The molecular formula is C22H19Cl2N5O. The standard InChI is InChI=1S/C22H19Cl2N5O/c1-13(14(2)27-19-11-18(24)25-12-26-19)21-28-17-10-6-9-16(23)20(17)22(30)29(21)15-7-4-3-5-8-15/h3-14H,1-2H3,(H,25,26,27). The van der Waals surface area contributed by atoms with Crippen molar-refractivity contribution in [3.05, 3.63) is 87.3 Å². The number of anilines is 1. The third-order valence-electron chi connectivity index (χ3n) is 5.05. The molecule has 0 spiro atoms. The zero-order valence-corrected chi connectivity index (χ0v) is 17.9. The van der Waals surface area contributed by atoms with Crippen molar-refractivity contribution in [1.82, 2.24) is 19.5 Å². The van der Waals surface area contributed by atoms with Crippen molar-refractivity contribution in [3.8, 4) is 5.69 Å². The van der Waals surface area contributed by atoms with E-state index in [0.29, 0.717) is 32.7 Å². The van der Waals surface area contributed by atoms with E-state index in [9.17, 15) is 4.79 Å². The highest BCUT2D eigenvalue weighted by atomic mass is 35.5. The zero-order chi connectivity index (χ0) is 21.3. The number of nitrogens with one attached hydrogen (secondary N) is 1. The second-order valence-electron chi connectivity index (χ2n) is 7.03. The molecule has 2 aromatic carbocycles. The Kier molecular flexibility index (Phi) is 5.70. The summed E-state index contributed by atoms with van der Waals surface area (Å²) >= 11 is 12.3. The van der Waals surface area contributed by atoms with E-state index in [1.807, 2.05) is 44.2 Å². The van der Waals surface area contributed by atoms with Gasteiger partial charge in [0.05, 0.1) is 21.6 Å². The molecule has 0 amide bonds. The lowest BCUT2D eigenvalue weighted by atomic mass is 10.0. The fraction of sp³-hybridized carbons (Fsp3) is 0.182. The minimum absolute atomic E-state index is 0.102. The minimum atomic E-state index is -0.198. The zero-order valence-electron chi connectivity index (χ0n) is 16.4. The molecule has 0 aliphatic rings. The van der Waals surface area contributed by atoms with E-state index in [2.05, 4.69) is 15.3 Å². The lowest BCUT2D eigenvalue weighted by Gasteiger charge is -2.24. The van der Waals surface area contributed by atoms with Crippen molar-refractivity contribution in [3.63, 3.8) is 0 Å². The highest BCUT2D eigenvalue weighted by Crippen LogP contribution is 2.26. The second kappa shape index (κ2) is 8.42. The van der Waals surface area contributed by atoms with Crippen LogP contribution in [-0.4, -0.2) is 25.6 Å². The molecule has 0 aliphatic heterocycles. The molecule has 0 fully saturated rings. The van der Waals surface area contributed by atoms with E-state index in [0.717, 1.165) is 5.69 Å². The maximum atomic E-state index is 13.5. The van der Waals surface area contributed by atoms with Crippen LogP contribution < -0.4 is 10.9 Å². The highest BCUT2D eigenvalue weighted by molar-refractivity contribution is 6.35. The van der Waals surface area contributed by atoms with E-state index >= 15 is 0 Å². The molecule has 0 radical (unpaired) electrons. The predicted molar refractivity (Wildman–Crippen MR) is 121 cm³/mol. The maximum Gasteiger partial charge on any atom is 0.267 e. The number of rotatable bonds is 5. The van der Waals surface area contributed by atoms with Crippen molar-refractivity contribution in [2.75, 3.05) is 5.32 Å². The molecule has 0 saturated carbocycles. The topological polar surface area (TPSA) is 72.7 Å². The molecule has 152 valence electrons. The van der Waals surface area contributed by atoms with Gasteiger partial charge in [0, 0.05) is 18.0 Å². The molecule has 6 nitrogen and oxygen atoms in total. The Hall–Kier alpha value is -2.96. The summed E-state index contributed by atoms with van der Waals surface area (Å²) in [6, 6.07) is 16.3. The fourth-order valence-corrected chi connectivity index (χ4v) is 3.73. The number of hydrogen-bond donors (Lipinski definition) is 1. The first-order chi connectivity index (χ1) is 14.5. The molecule has 2 unspecified atom stereocenters. The molecule has 0 aliphatic carbocycles. The summed E-state index contributed by atoms with van der Waals surface area (Å²) in [6.45, 7) is 4.02. The third kappa shape index (κ3) is 3.88. The third-order valence-corrected chi connectivity index (χ3v) is 5.58. The molecule has 2 heterocycles. The summed E-state index contributed by atoms with van der Waals surface area (Å²) in [5, 5.41) is 4.46. The molecular weight excluding hydrogens is 421 g/mol. The van der Waals surface area contributed by atoms with Crippen LogP contribution in [0.1, 0.15) is 25.6 Å². The van der Waals surface area contributed by atoms with Gasteiger partial charge in [-0.1, -0.05) is 54.4 Å². The summed E-state index contributed by atoms with van der Waals surface area (Å²) in [6.07, 6.45) is 1.40. The molecule has 1 N–H and O–H groups in total. The predicted octanol–water partition coefficient (Wildman–Crippen LogP) is 5.09. The first-order valence-corrected chi connectivity index (χ1v) is 10.2. The Morgan fingerprint density at radius 3 is 2.50 bits per heavy atom. The number of para-hydroxylation sites is 1. The van der Waals surface area contributed by atoms with Gasteiger partial charge in [-0.05, 0) is 31.2 Å². The van der Waals surface area contributed by atoms with Crippen molar-refractivity contribution < 1.29 is 0 Å². The van der Waals surface area contributed by atoms with Gasteiger partial charge in [0.25, 0.3) is 5.56 Å². The quantitative estimate of drug-likeness (QED) is 0.438. The second-order valence-corrected chi connectivity index (χ2v) is 7.82. The fourth-order valence-electron chi connectivity index (χ4n) is 3.33. The number of aromatic nitrogens is 4. The number of hydrogen-bond acceptors (Lipinski definition) is 5. The molecule has 4 rings (SSSR count). The van der Waals surface area contributed by atoms with Gasteiger partial charge in [-0.25, -0.2) is 15.0 Å². The summed E-state index contributed by atoms with van der Waals surface area (Å²) < 4.78 is 1.63. The molecule has 2 aromatic heterocycles. The van der Waals surface area contributed by atoms with Gasteiger partial charge in [-0.15, -0.1) is 0 Å². The van der Waals surface area contributed by atoms with Crippen LogP contribution in [-0.2, 0) is 0 Å². The molecule has 0 bridgehead atoms. The van der Waals surface area contributed by atoms with Crippen molar-refractivity contribution in [2.24, 2.45) is 0 Å². The number of fused-ring (bicyclic) bond motifs is 1. The number of halogens is 2. The monoisotopic (exact) mass is 439 g/mol. The Morgan fingerprint density at radius 2 is 1.77 bits per heavy atom. The SMILES string of the molecule is CC(Nc1cc(Cl)ncn1)C(C)c1nc2cccc(Cl)c2c(=O)n1-c1ccccc1. The van der Waals surface area contributed by atoms with E-state index < -0.39 is 0 Å². The van der Waals surface area contributed by atoms with Gasteiger partial charge in [0.15, 0.2) is 0 Å².